The van der Waals surface area contributed by atoms with Crippen LogP contribution in [-0.2, 0) is 14.8 Å². The highest BCUT2D eigenvalue weighted by Crippen LogP contribution is 2.24. The van der Waals surface area contributed by atoms with Crippen molar-refractivity contribution in [2.45, 2.75) is 44.6 Å². The van der Waals surface area contributed by atoms with Crippen molar-refractivity contribution in [3.05, 3.63) is 29.8 Å². The van der Waals surface area contributed by atoms with E-state index >= 15 is 0 Å². The van der Waals surface area contributed by atoms with Crippen LogP contribution in [0.4, 0.5) is 0 Å². The summed E-state index contributed by atoms with van der Waals surface area (Å²) in [6, 6.07) is 6.14. The average molecular weight is 363 g/mol. The molecular weight excluding hydrogens is 338 g/mol. The number of carbonyl (C=O) groups excluding carboxylic acids is 1. The van der Waals surface area contributed by atoms with Crippen LogP contribution in [0, 0.1) is 11.8 Å². The maximum atomic E-state index is 13.0. The molecule has 1 aromatic carbocycles. The van der Waals surface area contributed by atoms with Gasteiger partial charge in [0, 0.05) is 18.7 Å². The third kappa shape index (κ3) is 3.56. The van der Waals surface area contributed by atoms with Gasteiger partial charge in [-0.15, -0.1) is 0 Å². The summed E-state index contributed by atoms with van der Waals surface area (Å²) in [6.45, 7) is 7.52. The molecule has 136 valence electrons. The van der Waals surface area contributed by atoms with E-state index in [0.717, 1.165) is 25.9 Å². The second-order valence-corrected chi connectivity index (χ2v) is 8.95. The number of nitrogens with one attached hydrogen (secondary N) is 1. The van der Waals surface area contributed by atoms with Crippen molar-refractivity contribution in [3.8, 4) is 0 Å². The molecule has 6 nitrogen and oxygen atoms in total. The van der Waals surface area contributed by atoms with E-state index in [4.69, 9.17) is 0 Å². The SMILES string of the molecule is CC(C)[C@@H](N=C1NS(=O)(=O)c2ccccc21)C(=O)N1CCC[C@@H](C)C1. The van der Waals surface area contributed by atoms with Crippen LogP contribution in [0.25, 0.3) is 0 Å². The molecule has 2 heterocycles. The summed E-state index contributed by atoms with van der Waals surface area (Å²) in [6.07, 6.45) is 2.14. The van der Waals surface area contributed by atoms with Crippen molar-refractivity contribution in [1.29, 1.82) is 0 Å². The summed E-state index contributed by atoms with van der Waals surface area (Å²) >= 11 is 0. The number of hydrogen-bond acceptors (Lipinski definition) is 4. The van der Waals surface area contributed by atoms with Gasteiger partial charge in [-0.3, -0.25) is 14.5 Å². The Balaban J connectivity index is 1.92. The molecule has 0 unspecified atom stereocenters. The van der Waals surface area contributed by atoms with Crippen LogP contribution in [0.1, 0.15) is 39.2 Å². The molecule has 0 radical (unpaired) electrons. The fourth-order valence-corrected chi connectivity index (χ4v) is 4.67. The van der Waals surface area contributed by atoms with Gasteiger partial charge in [-0.2, -0.15) is 0 Å². The number of rotatable bonds is 3. The third-order valence-corrected chi connectivity index (χ3v) is 6.18. The van der Waals surface area contributed by atoms with E-state index < -0.39 is 16.1 Å². The number of amides is 1. The molecule has 0 bridgehead atoms. The zero-order chi connectivity index (χ0) is 18.2. The van der Waals surface area contributed by atoms with Crippen LogP contribution in [0.15, 0.2) is 34.2 Å². The Bertz CT molecular complexity index is 802. The van der Waals surface area contributed by atoms with Crippen molar-refractivity contribution in [3.63, 3.8) is 0 Å². The predicted octanol–water partition coefficient (Wildman–Crippen LogP) is 2.01. The first-order valence-electron chi connectivity index (χ1n) is 8.78. The maximum absolute atomic E-state index is 13.0. The van der Waals surface area contributed by atoms with Crippen molar-refractivity contribution < 1.29 is 13.2 Å². The number of nitrogens with zero attached hydrogens (tertiary/aromatic N) is 2. The average Bonchev–Trinajstić information content (AvgIpc) is 2.83. The second kappa shape index (κ2) is 6.78. The minimum atomic E-state index is -3.59. The molecule has 1 amide bonds. The van der Waals surface area contributed by atoms with Gasteiger partial charge >= 0.3 is 0 Å². The Hall–Kier alpha value is -1.89. The van der Waals surface area contributed by atoms with Crippen LogP contribution in [0.5, 0.6) is 0 Å². The summed E-state index contributed by atoms with van der Waals surface area (Å²) in [5.41, 5.74) is 0.535. The molecule has 0 saturated carbocycles. The Morgan fingerprint density at radius 3 is 2.72 bits per heavy atom. The van der Waals surface area contributed by atoms with Gasteiger partial charge in [0.05, 0.1) is 4.90 Å². The van der Waals surface area contributed by atoms with Gasteiger partial charge in [-0.1, -0.05) is 32.9 Å². The zero-order valence-electron chi connectivity index (χ0n) is 14.9. The molecule has 2 aliphatic heterocycles. The minimum Gasteiger partial charge on any atom is -0.341 e. The molecule has 2 atom stereocenters. The van der Waals surface area contributed by atoms with E-state index in [1.165, 1.54) is 0 Å². The fourth-order valence-electron chi connectivity index (χ4n) is 3.43. The number of carbonyl (C=O) groups is 1. The lowest BCUT2D eigenvalue weighted by atomic mass is 9.97. The van der Waals surface area contributed by atoms with Gasteiger partial charge in [-0.25, -0.2) is 8.42 Å². The summed E-state index contributed by atoms with van der Waals surface area (Å²) in [4.78, 5) is 19.6. The Labute approximate surface area is 149 Å². The van der Waals surface area contributed by atoms with Crippen molar-refractivity contribution in [2.24, 2.45) is 16.8 Å². The lowest BCUT2D eigenvalue weighted by molar-refractivity contribution is -0.135. The lowest BCUT2D eigenvalue weighted by Gasteiger charge is -2.33. The Morgan fingerprint density at radius 1 is 1.32 bits per heavy atom. The lowest BCUT2D eigenvalue weighted by Crippen LogP contribution is -2.46. The first kappa shape index (κ1) is 17.9. The molecule has 0 aromatic heterocycles. The topological polar surface area (TPSA) is 78.8 Å². The summed E-state index contributed by atoms with van der Waals surface area (Å²) in [7, 11) is -3.59. The van der Waals surface area contributed by atoms with Gasteiger partial charge < -0.3 is 4.90 Å². The number of benzene rings is 1. The molecule has 7 heteroatoms. The molecule has 0 spiro atoms. The Kier molecular flexibility index (Phi) is 4.86. The van der Waals surface area contributed by atoms with Crippen LogP contribution < -0.4 is 4.72 Å². The number of fused-ring (bicyclic) bond motifs is 1. The molecule has 1 fully saturated rings. The van der Waals surface area contributed by atoms with E-state index in [0.29, 0.717) is 11.5 Å². The monoisotopic (exact) mass is 363 g/mol. The van der Waals surface area contributed by atoms with Crippen LogP contribution >= 0.6 is 0 Å². The number of hydrogen-bond donors (Lipinski definition) is 1. The standard InChI is InChI=1S/C18H25N3O3S/c1-12(2)16(18(22)21-10-6-7-13(3)11-21)19-17-14-8-4-5-9-15(14)25(23,24)20-17/h4-5,8-9,12-13,16H,6-7,10-11H2,1-3H3,(H,19,20)/t13-,16-/m1/s1. The molecular formula is C18H25N3O3S. The van der Waals surface area contributed by atoms with Gasteiger partial charge in [-0.05, 0) is 36.8 Å². The highest BCUT2D eigenvalue weighted by Gasteiger charge is 2.34. The number of sulfonamides is 1. The van der Waals surface area contributed by atoms with Crippen LogP contribution in [0.2, 0.25) is 0 Å². The maximum Gasteiger partial charge on any atom is 0.263 e. The molecule has 25 heavy (non-hydrogen) atoms. The van der Waals surface area contributed by atoms with E-state index in [2.05, 4.69) is 16.6 Å². The first-order chi connectivity index (χ1) is 11.8. The van der Waals surface area contributed by atoms with Gasteiger partial charge in [0.25, 0.3) is 10.0 Å². The predicted molar refractivity (Wildman–Crippen MR) is 96.9 cm³/mol. The van der Waals surface area contributed by atoms with Gasteiger partial charge in [0.2, 0.25) is 5.91 Å². The molecule has 2 aliphatic rings. The first-order valence-corrected chi connectivity index (χ1v) is 10.3. The second-order valence-electron chi connectivity index (χ2n) is 7.30. The largest absolute Gasteiger partial charge is 0.341 e. The molecule has 3 rings (SSSR count). The van der Waals surface area contributed by atoms with E-state index in [-0.39, 0.29) is 22.6 Å². The molecule has 1 aromatic rings. The van der Waals surface area contributed by atoms with E-state index in [9.17, 15) is 13.2 Å². The molecule has 1 saturated heterocycles. The smallest absolute Gasteiger partial charge is 0.263 e. The summed E-state index contributed by atoms with van der Waals surface area (Å²) < 4.78 is 27.0. The normalized spacial score (nSPS) is 24.9. The Morgan fingerprint density at radius 2 is 2.04 bits per heavy atom. The van der Waals surface area contributed by atoms with E-state index in [1.54, 1.807) is 24.3 Å². The summed E-state index contributed by atoms with van der Waals surface area (Å²) in [5, 5.41) is 0. The van der Waals surface area contributed by atoms with Crippen molar-refractivity contribution >= 4 is 21.8 Å². The number of piperidine rings is 1. The van der Waals surface area contributed by atoms with Gasteiger partial charge in [0.15, 0.2) is 0 Å². The number of likely N-dealkylation sites (tertiary alicyclic amines) is 1. The van der Waals surface area contributed by atoms with Crippen LogP contribution in [0.3, 0.4) is 0 Å². The minimum absolute atomic E-state index is 0.0161. The van der Waals surface area contributed by atoms with Crippen molar-refractivity contribution in [2.75, 3.05) is 13.1 Å². The fraction of sp³-hybridized carbons (Fsp3) is 0.556. The number of aliphatic imine (C=N–C) groups is 1. The quantitative estimate of drug-likeness (QED) is 0.892. The zero-order valence-corrected chi connectivity index (χ0v) is 15.7. The molecule has 1 N–H and O–H groups in total. The molecule has 0 aliphatic carbocycles. The van der Waals surface area contributed by atoms with Gasteiger partial charge in [0.1, 0.15) is 11.9 Å². The third-order valence-electron chi connectivity index (χ3n) is 4.78. The highest BCUT2D eigenvalue weighted by atomic mass is 32.2. The van der Waals surface area contributed by atoms with E-state index in [1.807, 2.05) is 18.7 Å². The highest BCUT2D eigenvalue weighted by molar-refractivity contribution is 7.90. The van der Waals surface area contributed by atoms with Crippen molar-refractivity contribution in [1.82, 2.24) is 9.62 Å². The number of amidine groups is 1. The van der Waals surface area contributed by atoms with Crippen LogP contribution in [-0.4, -0.2) is 44.2 Å². The summed E-state index contributed by atoms with van der Waals surface area (Å²) in [5.74, 6) is 0.726.